The molecule has 0 saturated heterocycles. The Labute approximate surface area is 149 Å². The Morgan fingerprint density at radius 2 is 2.00 bits per heavy atom. The molecular weight excluding hydrogens is 345 g/mol. The first kappa shape index (κ1) is 18.3. The number of halogens is 3. The van der Waals surface area contributed by atoms with E-state index in [9.17, 15) is 18.0 Å². The van der Waals surface area contributed by atoms with Crippen LogP contribution in [-0.4, -0.2) is 28.8 Å². The zero-order valence-corrected chi connectivity index (χ0v) is 14.7. The predicted molar refractivity (Wildman–Crippen MR) is 92.2 cm³/mol. The molecule has 5 nitrogen and oxygen atoms in total. The summed E-state index contributed by atoms with van der Waals surface area (Å²) in [6, 6.07) is 5.14. The lowest BCUT2D eigenvalue weighted by Gasteiger charge is -2.34. The summed E-state index contributed by atoms with van der Waals surface area (Å²) in [6.45, 7) is 2.92. The van der Waals surface area contributed by atoms with Crippen LogP contribution in [0, 0.1) is 5.92 Å². The molecule has 8 heteroatoms. The molecule has 3 rings (SSSR count). The largest absolute Gasteiger partial charge is 0.416 e. The van der Waals surface area contributed by atoms with Crippen molar-refractivity contribution in [2.24, 2.45) is 13.0 Å². The summed E-state index contributed by atoms with van der Waals surface area (Å²) < 4.78 is 40.2. The third-order valence-corrected chi connectivity index (χ3v) is 4.67. The third-order valence-electron chi connectivity index (χ3n) is 4.67. The lowest BCUT2D eigenvalue weighted by molar-refractivity contribution is -0.137. The van der Waals surface area contributed by atoms with Gasteiger partial charge in [0, 0.05) is 32.2 Å². The van der Waals surface area contributed by atoms with Gasteiger partial charge in [0.05, 0.1) is 23.1 Å². The van der Waals surface area contributed by atoms with Crippen LogP contribution in [0.25, 0.3) is 0 Å². The fraction of sp³-hybridized carbons (Fsp3) is 0.444. The lowest BCUT2D eigenvalue weighted by atomic mass is 9.96. The molecule has 1 aromatic heterocycles. The van der Waals surface area contributed by atoms with Gasteiger partial charge in [-0.3, -0.25) is 9.48 Å². The van der Waals surface area contributed by atoms with Crippen LogP contribution in [0.15, 0.2) is 30.5 Å². The van der Waals surface area contributed by atoms with Gasteiger partial charge in [0.25, 0.3) is 0 Å². The Balaban J connectivity index is 1.86. The SMILES string of the molecule is CCC(=O)NCC1Cc2c(cnn2C)N(c2ccc(C(F)(F)F)cc2)C1. The highest BCUT2D eigenvalue weighted by Gasteiger charge is 2.32. The van der Waals surface area contributed by atoms with Crippen LogP contribution in [0.5, 0.6) is 0 Å². The molecule has 26 heavy (non-hydrogen) atoms. The van der Waals surface area contributed by atoms with Gasteiger partial charge < -0.3 is 10.2 Å². The minimum Gasteiger partial charge on any atom is -0.356 e. The van der Waals surface area contributed by atoms with E-state index in [0.717, 1.165) is 29.9 Å². The minimum atomic E-state index is -4.35. The molecule has 0 saturated carbocycles. The molecule has 140 valence electrons. The first-order valence-electron chi connectivity index (χ1n) is 8.52. The summed E-state index contributed by atoms with van der Waals surface area (Å²) in [7, 11) is 1.84. The fourth-order valence-corrected chi connectivity index (χ4v) is 3.20. The van der Waals surface area contributed by atoms with Gasteiger partial charge in [-0.2, -0.15) is 18.3 Å². The quantitative estimate of drug-likeness (QED) is 0.904. The molecule has 2 heterocycles. The van der Waals surface area contributed by atoms with Gasteiger partial charge in [-0.05, 0) is 36.6 Å². The van der Waals surface area contributed by atoms with Crippen LogP contribution in [0.4, 0.5) is 24.5 Å². The molecule has 0 radical (unpaired) electrons. The number of carbonyl (C=O) groups excluding carboxylic acids is 1. The highest BCUT2D eigenvalue weighted by molar-refractivity contribution is 5.75. The molecule has 1 unspecified atom stereocenters. The normalized spacial score (nSPS) is 17.1. The number of rotatable bonds is 4. The van der Waals surface area contributed by atoms with E-state index in [0.29, 0.717) is 25.2 Å². The van der Waals surface area contributed by atoms with E-state index in [1.54, 1.807) is 17.8 Å². The van der Waals surface area contributed by atoms with Crippen LogP contribution in [0.3, 0.4) is 0 Å². The Morgan fingerprint density at radius 3 is 2.62 bits per heavy atom. The fourth-order valence-electron chi connectivity index (χ4n) is 3.20. The maximum atomic E-state index is 12.8. The van der Waals surface area contributed by atoms with Crippen LogP contribution in [0.2, 0.25) is 0 Å². The van der Waals surface area contributed by atoms with Gasteiger partial charge in [-0.25, -0.2) is 0 Å². The van der Waals surface area contributed by atoms with Crippen molar-refractivity contribution in [1.29, 1.82) is 0 Å². The Hall–Kier alpha value is -2.51. The summed E-state index contributed by atoms with van der Waals surface area (Å²) in [5, 5.41) is 7.19. The highest BCUT2D eigenvalue weighted by Crippen LogP contribution is 2.36. The number of nitrogens with one attached hydrogen (secondary N) is 1. The van der Waals surface area contributed by atoms with Crippen molar-refractivity contribution in [3.05, 3.63) is 41.7 Å². The van der Waals surface area contributed by atoms with E-state index >= 15 is 0 Å². The van der Waals surface area contributed by atoms with Gasteiger partial charge in [0.15, 0.2) is 0 Å². The summed E-state index contributed by atoms with van der Waals surface area (Å²) in [4.78, 5) is 13.5. The average molecular weight is 366 g/mol. The van der Waals surface area contributed by atoms with Gasteiger partial charge in [0.2, 0.25) is 5.91 Å². The number of benzene rings is 1. The lowest BCUT2D eigenvalue weighted by Crippen LogP contribution is -2.39. The van der Waals surface area contributed by atoms with Crippen molar-refractivity contribution in [3.63, 3.8) is 0 Å². The topological polar surface area (TPSA) is 50.2 Å². The number of fused-ring (bicyclic) bond motifs is 1. The Bertz CT molecular complexity index is 783. The maximum absolute atomic E-state index is 12.8. The van der Waals surface area contributed by atoms with Crippen molar-refractivity contribution in [2.45, 2.75) is 25.9 Å². The number of alkyl halides is 3. The molecule has 0 fully saturated rings. The van der Waals surface area contributed by atoms with Crippen LogP contribution in [0.1, 0.15) is 24.6 Å². The van der Waals surface area contributed by atoms with Gasteiger partial charge >= 0.3 is 6.18 Å². The van der Waals surface area contributed by atoms with Crippen LogP contribution >= 0.6 is 0 Å². The summed E-state index contributed by atoms with van der Waals surface area (Å²) >= 11 is 0. The Morgan fingerprint density at radius 1 is 1.31 bits per heavy atom. The molecule has 0 bridgehead atoms. The summed E-state index contributed by atoms with van der Waals surface area (Å²) in [6.07, 6.45) is -1.44. The molecule has 1 atom stereocenters. The van der Waals surface area contributed by atoms with Crippen LogP contribution < -0.4 is 10.2 Å². The van der Waals surface area contributed by atoms with Crippen molar-refractivity contribution in [2.75, 3.05) is 18.0 Å². The second kappa shape index (κ2) is 7.01. The molecule has 1 N–H and O–H groups in total. The molecule has 0 aliphatic carbocycles. The standard InChI is InChI=1S/C18H21F3N4O/c1-3-17(26)22-9-12-8-15-16(10-23-24(15)2)25(11-12)14-6-4-13(5-7-14)18(19,20)21/h4-7,10,12H,3,8-9,11H2,1-2H3,(H,22,26). The van der Waals surface area contributed by atoms with E-state index in [1.807, 2.05) is 11.9 Å². The second-order valence-corrected chi connectivity index (χ2v) is 6.48. The number of aromatic nitrogens is 2. The van der Waals surface area contributed by atoms with E-state index in [1.165, 1.54) is 12.1 Å². The van der Waals surface area contributed by atoms with E-state index in [2.05, 4.69) is 10.4 Å². The molecule has 0 spiro atoms. The number of anilines is 2. The third kappa shape index (κ3) is 3.68. The second-order valence-electron chi connectivity index (χ2n) is 6.48. The molecule has 1 aliphatic rings. The minimum absolute atomic E-state index is 0.0121. The zero-order valence-electron chi connectivity index (χ0n) is 14.7. The summed E-state index contributed by atoms with van der Waals surface area (Å²) in [5.41, 5.74) is 1.91. The predicted octanol–water partition coefficient (Wildman–Crippen LogP) is 3.28. The highest BCUT2D eigenvalue weighted by atomic mass is 19.4. The maximum Gasteiger partial charge on any atom is 0.416 e. The smallest absolute Gasteiger partial charge is 0.356 e. The van der Waals surface area contributed by atoms with Gasteiger partial charge in [-0.15, -0.1) is 0 Å². The summed E-state index contributed by atoms with van der Waals surface area (Å²) in [5.74, 6) is 0.137. The number of hydrogen-bond donors (Lipinski definition) is 1. The van der Waals surface area contributed by atoms with Crippen molar-refractivity contribution in [1.82, 2.24) is 15.1 Å². The number of carbonyl (C=O) groups is 1. The zero-order chi connectivity index (χ0) is 18.9. The average Bonchev–Trinajstić information content (AvgIpc) is 2.99. The first-order chi connectivity index (χ1) is 12.3. The Kier molecular flexibility index (Phi) is 4.93. The molecule has 1 aliphatic heterocycles. The van der Waals surface area contributed by atoms with E-state index in [4.69, 9.17) is 0 Å². The van der Waals surface area contributed by atoms with E-state index < -0.39 is 11.7 Å². The molecule has 2 aromatic rings. The van der Waals surface area contributed by atoms with Crippen molar-refractivity contribution < 1.29 is 18.0 Å². The number of amides is 1. The monoisotopic (exact) mass is 366 g/mol. The number of aryl methyl sites for hydroxylation is 1. The number of nitrogens with zero attached hydrogens (tertiary/aromatic N) is 3. The van der Waals surface area contributed by atoms with Crippen LogP contribution in [-0.2, 0) is 24.4 Å². The molecule has 1 amide bonds. The van der Waals surface area contributed by atoms with Crippen molar-refractivity contribution >= 4 is 17.3 Å². The number of hydrogen-bond acceptors (Lipinski definition) is 3. The first-order valence-corrected chi connectivity index (χ1v) is 8.52. The van der Waals surface area contributed by atoms with Gasteiger partial charge in [-0.1, -0.05) is 6.92 Å². The molecular formula is C18H21F3N4O. The van der Waals surface area contributed by atoms with E-state index in [-0.39, 0.29) is 11.8 Å². The van der Waals surface area contributed by atoms with Gasteiger partial charge in [0.1, 0.15) is 0 Å². The molecule has 1 aromatic carbocycles. The van der Waals surface area contributed by atoms with Crippen molar-refractivity contribution in [3.8, 4) is 0 Å².